The maximum atomic E-state index is 14.8. The molecule has 0 saturated carbocycles. The molecule has 0 aliphatic carbocycles. The van der Waals surface area contributed by atoms with Gasteiger partial charge >= 0.3 is 6.18 Å². The largest absolute Gasteiger partial charge is 0.483 e. The van der Waals surface area contributed by atoms with Gasteiger partial charge in [-0.2, -0.15) is 13.2 Å². The normalized spacial score (nSPS) is 13.3. The van der Waals surface area contributed by atoms with Gasteiger partial charge < -0.3 is 9.64 Å². The van der Waals surface area contributed by atoms with Crippen LogP contribution >= 0.6 is 0 Å². The second kappa shape index (κ2) is 8.27. The lowest BCUT2D eigenvalue weighted by Gasteiger charge is -2.17. The number of anilines is 1. The van der Waals surface area contributed by atoms with E-state index >= 15 is 0 Å². The molecule has 1 aliphatic heterocycles. The SMILES string of the molecule is CC(=O)c1ccc(N2Cc3c(ccnc3-c3c(F)cc(F)cc3OCC(F)(F)F)C2=O)cc1. The van der Waals surface area contributed by atoms with Gasteiger partial charge in [0.1, 0.15) is 17.4 Å². The maximum Gasteiger partial charge on any atom is 0.422 e. The molecule has 0 saturated heterocycles. The molecule has 1 aliphatic rings. The van der Waals surface area contributed by atoms with Gasteiger partial charge in [0.25, 0.3) is 5.91 Å². The van der Waals surface area contributed by atoms with Crippen molar-refractivity contribution in [3.05, 3.63) is 77.0 Å². The van der Waals surface area contributed by atoms with Crippen LogP contribution in [0.1, 0.15) is 33.2 Å². The number of ketones is 1. The molecule has 170 valence electrons. The first-order valence-corrected chi connectivity index (χ1v) is 9.65. The van der Waals surface area contributed by atoms with E-state index in [4.69, 9.17) is 0 Å². The lowest BCUT2D eigenvalue weighted by Crippen LogP contribution is -2.22. The highest BCUT2D eigenvalue weighted by Gasteiger charge is 2.34. The molecule has 0 radical (unpaired) electrons. The van der Waals surface area contributed by atoms with Gasteiger partial charge in [-0.25, -0.2) is 8.78 Å². The standard InChI is InChI=1S/C23H15F5N2O3/c1-12(31)13-2-4-15(5-3-13)30-10-17-16(22(30)32)6-7-29-21(17)20-18(25)8-14(24)9-19(20)33-11-23(26,27)28/h2-9H,10-11H2,1H3. The zero-order chi connectivity index (χ0) is 23.9. The summed E-state index contributed by atoms with van der Waals surface area (Å²) in [6, 6.07) is 8.80. The summed E-state index contributed by atoms with van der Waals surface area (Å²) in [6.45, 7) is -0.419. The highest BCUT2D eigenvalue weighted by molar-refractivity contribution is 6.11. The van der Waals surface area contributed by atoms with Crippen molar-refractivity contribution >= 4 is 17.4 Å². The van der Waals surface area contributed by atoms with Crippen molar-refractivity contribution < 1.29 is 36.3 Å². The Morgan fingerprint density at radius 3 is 2.45 bits per heavy atom. The Hall–Kier alpha value is -3.82. The quantitative estimate of drug-likeness (QED) is 0.380. The predicted octanol–water partition coefficient (Wildman–Crippen LogP) is 5.33. The van der Waals surface area contributed by atoms with E-state index in [-0.39, 0.29) is 29.1 Å². The van der Waals surface area contributed by atoms with Crippen LogP contribution in [0, 0.1) is 11.6 Å². The van der Waals surface area contributed by atoms with Gasteiger partial charge in [-0.1, -0.05) is 0 Å². The van der Waals surface area contributed by atoms with Crippen LogP contribution < -0.4 is 9.64 Å². The van der Waals surface area contributed by atoms with Gasteiger partial charge in [-0.05, 0) is 37.3 Å². The maximum absolute atomic E-state index is 14.8. The molecule has 2 aromatic carbocycles. The van der Waals surface area contributed by atoms with Gasteiger partial charge in [0.2, 0.25) is 0 Å². The van der Waals surface area contributed by atoms with Gasteiger partial charge in [-0.15, -0.1) is 0 Å². The molecule has 10 heteroatoms. The third-order valence-corrected chi connectivity index (χ3v) is 5.08. The summed E-state index contributed by atoms with van der Waals surface area (Å²) in [5.74, 6) is -3.57. The number of benzene rings is 2. The van der Waals surface area contributed by atoms with Crippen molar-refractivity contribution in [2.75, 3.05) is 11.5 Å². The van der Waals surface area contributed by atoms with E-state index in [0.29, 0.717) is 23.4 Å². The van der Waals surface area contributed by atoms with Crippen LogP contribution in [-0.2, 0) is 6.54 Å². The van der Waals surface area contributed by atoms with Crippen LogP contribution in [0.4, 0.5) is 27.6 Å². The average molecular weight is 462 g/mol. The fourth-order valence-corrected chi connectivity index (χ4v) is 3.58. The molecular formula is C23H15F5N2O3. The first kappa shape index (κ1) is 22.4. The Morgan fingerprint density at radius 1 is 1.12 bits per heavy atom. The molecule has 0 fully saturated rings. The van der Waals surface area contributed by atoms with Crippen molar-refractivity contribution in [1.82, 2.24) is 4.98 Å². The Kier molecular flexibility index (Phi) is 5.61. The van der Waals surface area contributed by atoms with Crippen LogP contribution in [0.25, 0.3) is 11.3 Å². The fraction of sp³-hybridized carbons (Fsp3) is 0.174. The highest BCUT2D eigenvalue weighted by atomic mass is 19.4. The minimum atomic E-state index is -4.73. The Balaban J connectivity index is 1.76. The number of hydrogen-bond donors (Lipinski definition) is 0. The summed E-state index contributed by atoms with van der Waals surface area (Å²) >= 11 is 0. The lowest BCUT2D eigenvalue weighted by atomic mass is 10.0. The summed E-state index contributed by atoms with van der Waals surface area (Å²) in [5.41, 5.74) is 0.726. The highest BCUT2D eigenvalue weighted by Crippen LogP contribution is 2.39. The monoisotopic (exact) mass is 462 g/mol. The first-order chi connectivity index (χ1) is 15.5. The number of pyridine rings is 1. The van der Waals surface area contributed by atoms with E-state index < -0.39 is 41.6 Å². The van der Waals surface area contributed by atoms with E-state index in [1.165, 1.54) is 24.1 Å². The molecule has 0 N–H and O–H groups in total. The average Bonchev–Trinajstić information content (AvgIpc) is 3.08. The topological polar surface area (TPSA) is 59.5 Å². The number of amides is 1. The second-order valence-electron chi connectivity index (χ2n) is 7.34. The molecule has 0 spiro atoms. The number of hydrogen-bond acceptors (Lipinski definition) is 4. The number of carbonyl (C=O) groups excluding carboxylic acids is 2. The van der Waals surface area contributed by atoms with E-state index in [1.807, 2.05) is 0 Å². The molecule has 1 aromatic heterocycles. The van der Waals surface area contributed by atoms with Crippen molar-refractivity contribution in [3.63, 3.8) is 0 Å². The predicted molar refractivity (Wildman–Crippen MR) is 108 cm³/mol. The number of aromatic nitrogens is 1. The zero-order valence-electron chi connectivity index (χ0n) is 17.0. The van der Waals surface area contributed by atoms with Gasteiger partial charge in [0.05, 0.1) is 17.8 Å². The minimum absolute atomic E-state index is 0.0632. The molecule has 1 amide bonds. The molecule has 33 heavy (non-hydrogen) atoms. The van der Waals surface area contributed by atoms with Gasteiger partial charge in [0, 0.05) is 40.7 Å². The minimum Gasteiger partial charge on any atom is -0.483 e. The van der Waals surface area contributed by atoms with E-state index in [0.717, 1.165) is 0 Å². The van der Waals surface area contributed by atoms with Crippen LogP contribution in [0.15, 0.2) is 48.7 Å². The fourth-order valence-electron chi connectivity index (χ4n) is 3.58. The molecule has 3 aromatic rings. The van der Waals surface area contributed by atoms with E-state index in [9.17, 15) is 31.5 Å². The smallest absolute Gasteiger partial charge is 0.422 e. The van der Waals surface area contributed by atoms with E-state index in [1.54, 1.807) is 24.3 Å². The summed E-state index contributed by atoms with van der Waals surface area (Å²) in [4.78, 5) is 29.9. The summed E-state index contributed by atoms with van der Waals surface area (Å²) in [5, 5.41) is 0. The van der Waals surface area contributed by atoms with Crippen molar-refractivity contribution in [3.8, 4) is 17.0 Å². The number of rotatable bonds is 5. The Morgan fingerprint density at radius 2 is 1.82 bits per heavy atom. The number of halogens is 5. The molecule has 0 bridgehead atoms. The molecular weight excluding hydrogens is 447 g/mol. The number of alkyl halides is 3. The summed E-state index contributed by atoms with van der Waals surface area (Å²) in [6.07, 6.45) is -3.52. The third-order valence-electron chi connectivity index (χ3n) is 5.08. The molecule has 4 rings (SSSR count). The number of ether oxygens (including phenoxy) is 1. The van der Waals surface area contributed by atoms with Gasteiger partial charge in [0.15, 0.2) is 12.4 Å². The number of carbonyl (C=O) groups is 2. The van der Waals surface area contributed by atoms with Crippen LogP contribution in [0.5, 0.6) is 5.75 Å². The van der Waals surface area contributed by atoms with Crippen molar-refractivity contribution in [2.45, 2.75) is 19.6 Å². The summed E-state index contributed by atoms with van der Waals surface area (Å²) < 4.78 is 71.2. The molecule has 0 unspecified atom stereocenters. The Labute approximate surface area is 184 Å². The van der Waals surface area contributed by atoms with Crippen LogP contribution in [0.2, 0.25) is 0 Å². The Bertz CT molecular complexity index is 1260. The number of fused-ring (bicyclic) bond motifs is 1. The number of nitrogens with zero attached hydrogens (tertiary/aromatic N) is 2. The molecule has 0 atom stereocenters. The zero-order valence-corrected chi connectivity index (χ0v) is 17.0. The molecule has 2 heterocycles. The van der Waals surface area contributed by atoms with Gasteiger partial charge in [-0.3, -0.25) is 14.6 Å². The second-order valence-corrected chi connectivity index (χ2v) is 7.34. The number of Topliss-reactive ketones (excluding diaryl/α,β-unsaturated/α-hetero) is 1. The lowest BCUT2D eigenvalue weighted by molar-refractivity contribution is -0.153. The third kappa shape index (κ3) is 4.41. The summed E-state index contributed by atoms with van der Waals surface area (Å²) in [7, 11) is 0. The van der Waals surface area contributed by atoms with Crippen molar-refractivity contribution in [1.29, 1.82) is 0 Å². The van der Waals surface area contributed by atoms with Crippen molar-refractivity contribution in [2.24, 2.45) is 0 Å². The first-order valence-electron chi connectivity index (χ1n) is 9.65. The van der Waals surface area contributed by atoms with Crippen LogP contribution in [-0.4, -0.2) is 29.5 Å². The van der Waals surface area contributed by atoms with E-state index in [2.05, 4.69) is 9.72 Å². The molecule has 5 nitrogen and oxygen atoms in total. The van der Waals surface area contributed by atoms with Crippen LogP contribution in [0.3, 0.4) is 0 Å².